The van der Waals surface area contributed by atoms with E-state index in [1.165, 1.54) is 6.92 Å². The second kappa shape index (κ2) is 8.66. The van der Waals surface area contributed by atoms with Gasteiger partial charge >= 0.3 is 29.2 Å². The minimum absolute atomic E-state index is 0.151. The van der Waals surface area contributed by atoms with Crippen LogP contribution in [0.1, 0.15) is 19.6 Å². The molecule has 2 rings (SSSR count). The van der Waals surface area contributed by atoms with Crippen LogP contribution in [-0.4, -0.2) is 46.7 Å². The number of nitrogens with zero attached hydrogens (tertiary/aromatic N) is 1. The van der Waals surface area contributed by atoms with E-state index in [9.17, 15) is 32.6 Å². The summed E-state index contributed by atoms with van der Waals surface area (Å²) in [5.41, 5.74) is -2.32. The van der Waals surface area contributed by atoms with Crippen LogP contribution in [0.5, 0.6) is 0 Å². The Kier molecular flexibility index (Phi) is 7.37. The topological polar surface area (TPSA) is 224 Å². The highest BCUT2D eigenvalue weighted by Gasteiger charge is 2.47. The van der Waals surface area contributed by atoms with E-state index in [-0.39, 0.29) is 6.42 Å². The van der Waals surface area contributed by atoms with Crippen molar-refractivity contribution in [1.29, 1.82) is 0 Å². The number of ether oxygens (including phenoxy) is 1. The van der Waals surface area contributed by atoms with E-state index < -0.39 is 64.3 Å². The molecule has 1 aliphatic heterocycles. The number of phosphoric ester groups is 1. The molecule has 0 saturated carbocycles. The fourth-order valence-electron chi connectivity index (χ4n) is 2.49. The first kappa shape index (κ1) is 25.5. The summed E-state index contributed by atoms with van der Waals surface area (Å²) in [5.74, 6) is -1.30. The van der Waals surface area contributed by atoms with E-state index in [2.05, 4.69) is 13.1 Å². The second-order valence-electron chi connectivity index (χ2n) is 6.12. The summed E-state index contributed by atoms with van der Waals surface area (Å²) in [6.07, 6.45) is -2.09. The second-order valence-corrected chi connectivity index (χ2v) is 11.4. The molecule has 1 saturated heterocycles. The minimum atomic E-state index is -5.69. The van der Waals surface area contributed by atoms with Crippen molar-refractivity contribution in [3.63, 3.8) is 0 Å². The summed E-state index contributed by atoms with van der Waals surface area (Å²) < 4.78 is 64.7. The lowest BCUT2D eigenvalue weighted by Crippen LogP contribution is -2.39. The number of halogens is 2. The Bertz CT molecular complexity index is 1070. The van der Waals surface area contributed by atoms with Gasteiger partial charge in [0.2, 0.25) is 5.82 Å². The highest BCUT2D eigenvalue weighted by atomic mass is 35.5. The molecule has 1 aromatic heterocycles. The van der Waals surface area contributed by atoms with Gasteiger partial charge in [0.25, 0.3) is 5.56 Å². The lowest BCUT2D eigenvalue weighted by molar-refractivity contribution is -0.0305. The van der Waals surface area contributed by atoms with E-state index >= 15 is 0 Å². The summed E-state index contributed by atoms with van der Waals surface area (Å²) in [6, 6.07) is 0. The quantitative estimate of drug-likeness (QED) is 0.231. The predicted molar refractivity (Wildman–Crippen MR) is 93.9 cm³/mol. The van der Waals surface area contributed by atoms with Gasteiger partial charge < -0.3 is 24.3 Å². The molecule has 0 spiro atoms. The van der Waals surface area contributed by atoms with E-state index in [4.69, 9.17) is 31.0 Å². The Morgan fingerprint density at radius 1 is 1.27 bits per heavy atom. The smallest absolute Gasteiger partial charge is 0.350 e. The number of aromatic nitrogens is 2. The highest BCUT2D eigenvalue weighted by molar-refractivity contribution is 7.66. The van der Waals surface area contributed by atoms with E-state index in [1.807, 2.05) is 0 Å². The summed E-state index contributed by atoms with van der Waals surface area (Å²) in [7, 11) is -16.6. The lowest BCUT2D eigenvalue weighted by atomic mass is 10.1. The molecule has 5 N–H and O–H groups in total. The zero-order valence-electron chi connectivity index (χ0n) is 14.7. The molecule has 0 amide bonds. The number of aromatic amines is 1. The SMILES string of the molecule is C[C@@]1(Cl)C[C@@H](COP(=O)(O)OP(=O)(O)OP(=O)(O)O)O[C@H]1n1cc(F)c(=O)[nH]c1=O. The molecular weight excluding hydrogens is 503 g/mol. The molecule has 20 heteroatoms. The van der Waals surface area contributed by atoms with Gasteiger partial charge in [-0.2, -0.15) is 13.0 Å². The van der Waals surface area contributed by atoms with Crippen LogP contribution in [0.25, 0.3) is 0 Å². The number of nitrogens with one attached hydrogen (secondary N) is 1. The first-order valence-corrected chi connectivity index (χ1v) is 12.4. The number of alkyl halides is 1. The molecule has 5 atom stereocenters. The van der Waals surface area contributed by atoms with Crippen LogP contribution in [0.3, 0.4) is 0 Å². The van der Waals surface area contributed by atoms with Crippen LogP contribution < -0.4 is 11.2 Å². The van der Waals surface area contributed by atoms with Gasteiger partial charge in [0.05, 0.1) is 23.8 Å². The molecule has 1 fully saturated rings. The number of hydrogen-bond donors (Lipinski definition) is 5. The zero-order chi connectivity index (χ0) is 23.1. The van der Waals surface area contributed by atoms with E-state index in [1.54, 1.807) is 4.98 Å². The number of phosphoric acid groups is 3. The van der Waals surface area contributed by atoms with Gasteiger partial charge in [-0.15, -0.1) is 11.6 Å². The molecule has 0 aliphatic carbocycles. The molecule has 15 nitrogen and oxygen atoms in total. The normalized spacial score (nSPS) is 28.8. The van der Waals surface area contributed by atoms with Gasteiger partial charge in [-0.3, -0.25) is 18.9 Å². The molecule has 30 heavy (non-hydrogen) atoms. The molecule has 1 aromatic rings. The van der Waals surface area contributed by atoms with Crippen molar-refractivity contribution < 1.29 is 55.5 Å². The number of H-pyrrole nitrogens is 1. The lowest BCUT2D eigenvalue weighted by Gasteiger charge is -2.24. The van der Waals surface area contributed by atoms with Gasteiger partial charge in [-0.1, -0.05) is 0 Å². The molecular formula is C10H15ClFN2O13P3. The monoisotopic (exact) mass is 518 g/mol. The van der Waals surface area contributed by atoms with Crippen molar-refractivity contribution in [1.82, 2.24) is 9.55 Å². The van der Waals surface area contributed by atoms with Crippen LogP contribution in [0.2, 0.25) is 0 Å². The number of hydrogen-bond acceptors (Lipinski definition) is 9. The molecule has 1 aliphatic rings. The van der Waals surface area contributed by atoms with Gasteiger partial charge in [0, 0.05) is 0 Å². The van der Waals surface area contributed by atoms with E-state index in [0.717, 1.165) is 0 Å². The summed E-state index contributed by atoms with van der Waals surface area (Å²) in [5, 5.41) is 0. The first-order chi connectivity index (χ1) is 13.4. The molecule has 2 unspecified atom stereocenters. The highest BCUT2D eigenvalue weighted by Crippen LogP contribution is 2.66. The third-order valence-electron chi connectivity index (χ3n) is 3.48. The maximum absolute atomic E-state index is 13.5. The standard InChI is InChI=1S/C10H15ClFN2O13P3/c1-10(11)2-5(25-8(10)14-3-6(12)7(15)13-9(14)16)4-24-29(20,21)27-30(22,23)26-28(17,18)19/h3,5,8H,2,4H2,1H3,(H,20,21)(H,22,23)(H,13,15,16)(H2,17,18,19)/t5-,8+,10+/m0/s1. The molecule has 172 valence electrons. The predicted octanol–water partition coefficient (Wildman–Crippen LogP) is 0.304. The fourth-order valence-corrected chi connectivity index (χ4v) is 5.87. The third kappa shape index (κ3) is 6.89. The van der Waals surface area contributed by atoms with Gasteiger partial charge in [0.15, 0.2) is 6.23 Å². The molecule has 0 radical (unpaired) electrons. The van der Waals surface area contributed by atoms with Crippen LogP contribution in [-0.2, 0) is 31.6 Å². The largest absolute Gasteiger partial charge is 0.490 e. The Labute approximate surface area is 170 Å². The average Bonchev–Trinajstić information content (AvgIpc) is 2.80. The van der Waals surface area contributed by atoms with Crippen LogP contribution in [0.4, 0.5) is 4.39 Å². The van der Waals surface area contributed by atoms with Crippen molar-refractivity contribution in [2.75, 3.05) is 6.61 Å². The summed E-state index contributed by atoms with van der Waals surface area (Å²) in [6.45, 7) is 0.558. The van der Waals surface area contributed by atoms with Crippen molar-refractivity contribution >= 4 is 35.1 Å². The fraction of sp³-hybridized carbons (Fsp3) is 0.600. The Hall–Kier alpha value is -0.730. The van der Waals surface area contributed by atoms with Crippen molar-refractivity contribution in [2.45, 2.75) is 30.6 Å². The maximum Gasteiger partial charge on any atom is 0.490 e. The maximum atomic E-state index is 13.5. The van der Waals surface area contributed by atoms with Gasteiger partial charge in [-0.25, -0.2) is 18.5 Å². The average molecular weight is 519 g/mol. The number of rotatable bonds is 8. The summed E-state index contributed by atoms with van der Waals surface area (Å²) in [4.78, 5) is 58.8. The van der Waals surface area contributed by atoms with Crippen molar-refractivity contribution in [3.05, 3.63) is 32.9 Å². The Morgan fingerprint density at radius 3 is 2.43 bits per heavy atom. The van der Waals surface area contributed by atoms with Crippen LogP contribution in [0.15, 0.2) is 15.8 Å². The third-order valence-corrected chi connectivity index (χ3v) is 7.62. The first-order valence-electron chi connectivity index (χ1n) is 7.54. The van der Waals surface area contributed by atoms with Gasteiger partial charge in [0.1, 0.15) is 0 Å². The van der Waals surface area contributed by atoms with Crippen molar-refractivity contribution in [3.8, 4) is 0 Å². The van der Waals surface area contributed by atoms with Crippen molar-refractivity contribution in [2.24, 2.45) is 0 Å². The Balaban J connectivity index is 2.09. The minimum Gasteiger partial charge on any atom is -0.350 e. The van der Waals surface area contributed by atoms with E-state index in [0.29, 0.717) is 10.8 Å². The zero-order valence-corrected chi connectivity index (χ0v) is 18.1. The van der Waals surface area contributed by atoms with Crippen LogP contribution >= 0.6 is 35.1 Å². The summed E-state index contributed by atoms with van der Waals surface area (Å²) >= 11 is 6.25. The Morgan fingerprint density at radius 2 is 1.87 bits per heavy atom. The molecule has 0 aromatic carbocycles. The van der Waals surface area contributed by atoms with Gasteiger partial charge in [-0.05, 0) is 13.3 Å². The molecule has 0 bridgehead atoms. The van der Waals surface area contributed by atoms with Crippen LogP contribution in [0, 0.1) is 5.82 Å². The molecule has 2 heterocycles.